The van der Waals surface area contributed by atoms with E-state index in [9.17, 15) is 0 Å². The van der Waals surface area contributed by atoms with E-state index in [4.69, 9.17) is 92.8 Å². The summed E-state index contributed by atoms with van der Waals surface area (Å²) >= 11 is 46.7. The molecule has 1 heterocycles. The van der Waals surface area contributed by atoms with E-state index in [1.807, 2.05) is 4.90 Å². The van der Waals surface area contributed by atoms with E-state index < -0.39 is 13.5 Å². The number of anilines is 1. The second-order valence-electron chi connectivity index (χ2n) is 5.51. The molecular formula is C15H13Cl8FN4. The van der Waals surface area contributed by atoms with E-state index in [1.54, 1.807) is 24.3 Å². The molecule has 1 atom stereocenters. The van der Waals surface area contributed by atoms with Crippen molar-refractivity contribution in [2.45, 2.75) is 13.5 Å². The topological polar surface area (TPSA) is 40.0 Å². The average molecular weight is 552 g/mol. The minimum atomic E-state index is -3.02. The second kappa shape index (κ2) is 9.69. The Hall–Kier alpha value is 0.410. The summed E-state index contributed by atoms with van der Waals surface area (Å²) in [6.07, 6.45) is 0. The van der Waals surface area contributed by atoms with Gasteiger partial charge in [-0.15, -0.1) is 23.2 Å². The first kappa shape index (κ1) is 24.7. The third-order valence-corrected chi connectivity index (χ3v) is 5.19. The lowest BCUT2D eigenvalue weighted by atomic mass is 10.1. The summed E-state index contributed by atoms with van der Waals surface area (Å²) in [5, 5.41) is 2.71. The second-order valence-corrected chi connectivity index (χ2v) is 10.8. The number of alkyl halides is 9. The van der Waals surface area contributed by atoms with Gasteiger partial charge in [0, 0.05) is 36.1 Å². The van der Waals surface area contributed by atoms with E-state index >= 15 is 4.39 Å². The molecule has 1 aromatic rings. The lowest BCUT2D eigenvalue weighted by Gasteiger charge is -2.33. The van der Waals surface area contributed by atoms with Crippen LogP contribution in [0.3, 0.4) is 0 Å². The largest absolute Gasteiger partial charge is 0.369 e. The maximum Gasteiger partial charge on any atom is 0.345 e. The fourth-order valence-corrected chi connectivity index (χ4v) is 3.31. The van der Waals surface area contributed by atoms with Crippen LogP contribution in [0.15, 0.2) is 34.3 Å². The van der Waals surface area contributed by atoms with Crippen molar-refractivity contribution in [2.75, 3.05) is 29.7 Å². The number of aliphatic imine (C=N–C) groups is 2. The van der Waals surface area contributed by atoms with E-state index in [1.165, 1.54) is 0 Å². The summed E-state index contributed by atoms with van der Waals surface area (Å²) in [6.45, 7) is 0.963. The molecule has 0 fully saturated rings. The standard InChI is InChI=1S/C15H13Cl8FN4/c16-5-7-28(8-6-17)10-4-2-1-3-9(10)11-25-12(13(18,19)20)27-15(24,26-11)14(21,22)23/h1-4H,5-8H2,(H,25,26,27). The highest BCUT2D eigenvalue weighted by Crippen LogP contribution is 2.46. The fraction of sp³-hybridized carbons (Fsp3) is 0.467. The van der Waals surface area contributed by atoms with Crippen molar-refractivity contribution in [1.29, 1.82) is 0 Å². The molecule has 0 aliphatic carbocycles. The first-order chi connectivity index (χ1) is 12.9. The van der Waals surface area contributed by atoms with Gasteiger partial charge in [-0.25, -0.2) is 9.98 Å². The number of hydrogen-bond donors (Lipinski definition) is 1. The molecule has 0 saturated heterocycles. The number of amidine groups is 2. The Morgan fingerprint density at radius 2 is 1.54 bits per heavy atom. The zero-order valence-corrected chi connectivity index (χ0v) is 19.9. The summed E-state index contributed by atoms with van der Waals surface area (Å²) in [5.41, 5.74) is 1.11. The normalized spacial score (nSPS) is 20.3. The summed E-state index contributed by atoms with van der Waals surface area (Å²) in [4.78, 5) is 9.35. The molecule has 0 radical (unpaired) electrons. The molecule has 0 aromatic heterocycles. The van der Waals surface area contributed by atoms with Gasteiger partial charge in [0.25, 0.3) is 3.79 Å². The molecule has 156 valence electrons. The molecule has 2 rings (SSSR count). The van der Waals surface area contributed by atoms with Crippen LogP contribution in [0.4, 0.5) is 10.1 Å². The highest BCUT2D eigenvalue weighted by Gasteiger charge is 2.54. The summed E-state index contributed by atoms with van der Waals surface area (Å²) in [6, 6.07) is 6.98. The van der Waals surface area contributed by atoms with Crippen LogP contribution in [0.2, 0.25) is 0 Å². The van der Waals surface area contributed by atoms with Gasteiger partial charge in [0.15, 0.2) is 5.84 Å². The predicted octanol–water partition coefficient (Wildman–Crippen LogP) is 6.08. The van der Waals surface area contributed by atoms with Gasteiger partial charge in [0.1, 0.15) is 5.84 Å². The zero-order chi connectivity index (χ0) is 21.2. The van der Waals surface area contributed by atoms with E-state index in [0.29, 0.717) is 36.1 Å². The summed E-state index contributed by atoms with van der Waals surface area (Å²) < 4.78 is 10.7. The van der Waals surface area contributed by atoms with Crippen molar-refractivity contribution in [3.8, 4) is 0 Å². The smallest absolute Gasteiger partial charge is 0.345 e. The molecule has 1 unspecified atom stereocenters. The average Bonchev–Trinajstić information content (AvgIpc) is 2.59. The van der Waals surface area contributed by atoms with Crippen molar-refractivity contribution in [3.63, 3.8) is 0 Å². The maximum atomic E-state index is 15.4. The molecule has 0 saturated carbocycles. The molecular weight excluding hydrogens is 539 g/mol. The first-order valence-electron chi connectivity index (χ1n) is 7.69. The van der Waals surface area contributed by atoms with Crippen LogP contribution in [0.5, 0.6) is 0 Å². The molecule has 13 heteroatoms. The minimum Gasteiger partial charge on any atom is -0.369 e. The van der Waals surface area contributed by atoms with Gasteiger partial charge in [-0.05, 0) is 12.1 Å². The fourth-order valence-electron chi connectivity index (χ4n) is 2.38. The van der Waals surface area contributed by atoms with Crippen molar-refractivity contribution < 1.29 is 4.39 Å². The van der Waals surface area contributed by atoms with Crippen LogP contribution < -0.4 is 10.2 Å². The molecule has 28 heavy (non-hydrogen) atoms. The molecule has 1 aliphatic heterocycles. The highest BCUT2D eigenvalue weighted by atomic mass is 35.6. The maximum absolute atomic E-state index is 15.4. The quantitative estimate of drug-likeness (QED) is 0.344. The lowest BCUT2D eigenvalue weighted by Crippen LogP contribution is -2.50. The van der Waals surface area contributed by atoms with Crippen LogP contribution in [0, 0.1) is 0 Å². The Balaban J connectivity index is 2.61. The van der Waals surface area contributed by atoms with E-state index in [0.717, 1.165) is 0 Å². The minimum absolute atomic E-state index is 0.0325. The van der Waals surface area contributed by atoms with Gasteiger partial charge in [0.2, 0.25) is 3.79 Å². The van der Waals surface area contributed by atoms with Crippen molar-refractivity contribution in [2.24, 2.45) is 9.98 Å². The van der Waals surface area contributed by atoms with Crippen molar-refractivity contribution >= 4 is 110 Å². The van der Waals surface area contributed by atoms with E-state index in [2.05, 4.69) is 15.3 Å². The Bertz CT molecular complexity index is 755. The number of rotatable bonds is 6. The molecule has 0 bridgehead atoms. The number of benzene rings is 1. The number of nitrogens with zero attached hydrogens (tertiary/aromatic N) is 3. The number of nitrogens with one attached hydrogen (secondary N) is 1. The number of halogens is 9. The first-order valence-corrected chi connectivity index (χ1v) is 11.0. The molecule has 1 aliphatic rings. The molecule has 1 N–H and O–H groups in total. The van der Waals surface area contributed by atoms with Gasteiger partial charge < -0.3 is 10.2 Å². The van der Waals surface area contributed by atoms with Gasteiger partial charge in [-0.1, -0.05) is 81.7 Å². The summed E-state index contributed by atoms with van der Waals surface area (Å²) in [5.74, 6) is -2.75. The monoisotopic (exact) mass is 548 g/mol. The van der Waals surface area contributed by atoms with Gasteiger partial charge in [0.05, 0.1) is 0 Å². The Morgan fingerprint density at radius 3 is 2.04 bits per heavy atom. The van der Waals surface area contributed by atoms with Gasteiger partial charge >= 0.3 is 5.92 Å². The van der Waals surface area contributed by atoms with Gasteiger partial charge in [-0.3, -0.25) is 0 Å². The van der Waals surface area contributed by atoms with E-state index in [-0.39, 0.29) is 11.7 Å². The third-order valence-electron chi connectivity index (χ3n) is 3.59. The Morgan fingerprint density at radius 1 is 0.964 bits per heavy atom. The molecule has 0 spiro atoms. The Labute approximate surface area is 201 Å². The summed E-state index contributed by atoms with van der Waals surface area (Å²) in [7, 11) is 0. The van der Waals surface area contributed by atoms with Crippen LogP contribution in [-0.2, 0) is 0 Å². The van der Waals surface area contributed by atoms with Crippen molar-refractivity contribution in [1.82, 2.24) is 5.32 Å². The predicted molar refractivity (Wildman–Crippen MR) is 122 cm³/mol. The third kappa shape index (κ3) is 5.76. The molecule has 4 nitrogen and oxygen atoms in total. The Kier molecular flexibility index (Phi) is 8.54. The SMILES string of the molecule is FC1(C(Cl)(Cl)Cl)N=C(c2ccccc2N(CCCl)CCCl)NC(C(Cl)(Cl)Cl)=N1. The van der Waals surface area contributed by atoms with Gasteiger partial charge in [-0.2, -0.15) is 4.39 Å². The van der Waals surface area contributed by atoms with Crippen LogP contribution in [0.1, 0.15) is 5.56 Å². The van der Waals surface area contributed by atoms with Crippen LogP contribution >= 0.6 is 92.8 Å². The lowest BCUT2D eigenvalue weighted by molar-refractivity contribution is 0.191. The molecule has 0 amide bonds. The molecule has 1 aromatic carbocycles. The van der Waals surface area contributed by atoms with Crippen LogP contribution in [-0.4, -0.2) is 50.0 Å². The zero-order valence-electron chi connectivity index (χ0n) is 13.9. The number of para-hydroxylation sites is 1. The van der Waals surface area contributed by atoms with Crippen LogP contribution in [0.25, 0.3) is 0 Å². The van der Waals surface area contributed by atoms with Crippen molar-refractivity contribution in [3.05, 3.63) is 29.8 Å². The highest BCUT2D eigenvalue weighted by molar-refractivity contribution is 6.77. The number of hydrogen-bond acceptors (Lipinski definition) is 4.